The summed E-state index contributed by atoms with van der Waals surface area (Å²) in [6.45, 7) is 0. The van der Waals surface area contributed by atoms with Crippen LogP contribution in [0.25, 0.3) is 10.9 Å². The van der Waals surface area contributed by atoms with E-state index in [2.05, 4.69) is 50.2 Å². The quantitative estimate of drug-likeness (QED) is 0.548. The van der Waals surface area contributed by atoms with Crippen LogP contribution in [-0.4, -0.2) is 10.1 Å². The zero-order valence-corrected chi connectivity index (χ0v) is 10.8. The molecule has 4 heteroatoms. The molecule has 0 fully saturated rings. The fraction of sp³-hybridized carbons (Fsp3) is 0. The van der Waals surface area contributed by atoms with Gasteiger partial charge in [0.15, 0.2) is 5.75 Å². The van der Waals surface area contributed by atoms with Crippen molar-refractivity contribution in [2.75, 3.05) is 0 Å². The molecule has 1 N–H and O–H groups in total. The summed E-state index contributed by atoms with van der Waals surface area (Å²) in [5.41, 5.74) is 0.679. The number of benzene rings is 1. The first-order valence-corrected chi connectivity index (χ1v) is 5.78. The third-order valence-corrected chi connectivity index (χ3v) is 3.22. The molecule has 2 aromatic rings. The van der Waals surface area contributed by atoms with Crippen molar-refractivity contribution in [3.63, 3.8) is 0 Å². The van der Waals surface area contributed by atoms with Crippen LogP contribution >= 0.6 is 45.2 Å². The molecule has 0 amide bonds. The van der Waals surface area contributed by atoms with Crippen LogP contribution in [0.4, 0.5) is 0 Å². The summed E-state index contributed by atoms with van der Waals surface area (Å²) in [6.07, 6.45) is 0. The van der Waals surface area contributed by atoms with Crippen LogP contribution in [-0.2, 0) is 0 Å². The normalized spacial score (nSPS) is 10.6. The van der Waals surface area contributed by atoms with E-state index >= 15 is 0 Å². The first-order valence-electron chi connectivity index (χ1n) is 3.62. The topological polar surface area (TPSA) is 33.1 Å². The van der Waals surface area contributed by atoms with Crippen LogP contribution in [0.1, 0.15) is 0 Å². The van der Waals surface area contributed by atoms with Crippen molar-refractivity contribution in [1.82, 2.24) is 4.98 Å². The van der Waals surface area contributed by atoms with Crippen molar-refractivity contribution in [3.05, 3.63) is 31.5 Å². The van der Waals surface area contributed by atoms with Gasteiger partial charge in [-0.2, -0.15) is 0 Å². The van der Waals surface area contributed by atoms with Gasteiger partial charge in [0.25, 0.3) is 0 Å². The lowest BCUT2D eigenvalue weighted by Gasteiger charge is -2.02. The number of halogens is 2. The van der Waals surface area contributed by atoms with Crippen LogP contribution in [0.5, 0.6) is 5.75 Å². The van der Waals surface area contributed by atoms with Gasteiger partial charge in [0, 0.05) is 5.39 Å². The molecule has 0 spiro atoms. The zero-order chi connectivity index (χ0) is 9.42. The minimum Gasteiger partial charge on any atom is -0.505 e. The van der Waals surface area contributed by atoms with Crippen molar-refractivity contribution in [3.8, 4) is 5.75 Å². The molecule has 1 heterocycles. The number of phenols is 1. The van der Waals surface area contributed by atoms with Crippen molar-refractivity contribution in [1.29, 1.82) is 0 Å². The molecule has 0 aliphatic heterocycles. The molecule has 0 saturated carbocycles. The van der Waals surface area contributed by atoms with Crippen LogP contribution in [0.3, 0.4) is 0 Å². The third kappa shape index (κ3) is 1.74. The number of fused-ring (bicyclic) bond motifs is 1. The van der Waals surface area contributed by atoms with Crippen molar-refractivity contribution in [2.45, 2.75) is 0 Å². The SMILES string of the molecule is Oc1c(I)ccc2ccc(I)nc12. The molecule has 0 atom stereocenters. The van der Waals surface area contributed by atoms with Crippen molar-refractivity contribution < 1.29 is 5.11 Å². The first-order chi connectivity index (χ1) is 6.18. The standard InChI is InChI=1S/C9H5I2NO/c10-6-3-1-5-2-4-7(11)12-8(5)9(6)13/h1-4,13H. The Kier molecular flexibility index (Phi) is 2.59. The van der Waals surface area contributed by atoms with Gasteiger partial charge < -0.3 is 5.11 Å². The first kappa shape index (κ1) is 9.45. The number of rotatable bonds is 0. The Labute approximate surface area is 103 Å². The smallest absolute Gasteiger partial charge is 0.155 e. The molecular formula is C9H5I2NO. The summed E-state index contributed by atoms with van der Waals surface area (Å²) >= 11 is 4.22. The summed E-state index contributed by atoms with van der Waals surface area (Å²) in [5, 5.41) is 10.7. The van der Waals surface area contributed by atoms with E-state index in [9.17, 15) is 5.11 Å². The summed E-state index contributed by atoms with van der Waals surface area (Å²) in [7, 11) is 0. The van der Waals surface area contributed by atoms with E-state index < -0.39 is 0 Å². The number of phenolic OH excluding ortho intramolecular Hbond substituents is 1. The minimum absolute atomic E-state index is 0.275. The van der Waals surface area contributed by atoms with Gasteiger partial charge in [-0.1, -0.05) is 12.1 Å². The van der Waals surface area contributed by atoms with E-state index in [1.165, 1.54) is 0 Å². The second-order valence-electron chi connectivity index (χ2n) is 2.60. The molecule has 0 aliphatic carbocycles. The summed E-state index contributed by atoms with van der Waals surface area (Å²) in [5.74, 6) is 0.275. The predicted octanol–water partition coefficient (Wildman–Crippen LogP) is 3.15. The Bertz CT molecular complexity index is 465. The highest BCUT2D eigenvalue weighted by molar-refractivity contribution is 14.1. The largest absolute Gasteiger partial charge is 0.505 e. The number of hydrogen-bond donors (Lipinski definition) is 1. The molecule has 1 aromatic heterocycles. The Morgan fingerprint density at radius 1 is 1.08 bits per heavy atom. The Balaban J connectivity index is 2.89. The van der Waals surface area contributed by atoms with E-state index in [4.69, 9.17) is 0 Å². The zero-order valence-electron chi connectivity index (χ0n) is 6.46. The van der Waals surface area contributed by atoms with E-state index in [0.29, 0.717) is 5.52 Å². The maximum atomic E-state index is 9.71. The molecule has 0 bridgehead atoms. The lowest BCUT2D eigenvalue weighted by atomic mass is 10.2. The lowest BCUT2D eigenvalue weighted by Crippen LogP contribution is -1.84. The van der Waals surface area contributed by atoms with Crippen molar-refractivity contribution in [2.24, 2.45) is 0 Å². The monoisotopic (exact) mass is 397 g/mol. The molecule has 1 aromatic carbocycles. The molecule has 2 rings (SSSR count). The van der Waals surface area contributed by atoms with Gasteiger partial charge in [0.2, 0.25) is 0 Å². The van der Waals surface area contributed by atoms with E-state index in [1.807, 2.05) is 24.3 Å². The molecule has 0 radical (unpaired) electrons. The van der Waals surface area contributed by atoms with Gasteiger partial charge in [0.05, 0.1) is 3.57 Å². The number of nitrogens with zero attached hydrogens (tertiary/aromatic N) is 1. The van der Waals surface area contributed by atoms with Gasteiger partial charge in [-0.25, -0.2) is 4.98 Å². The minimum atomic E-state index is 0.275. The predicted molar refractivity (Wildman–Crippen MR) is 68.8 cm³/mol. The van der Waals surface area contributed by atoms with Gasteiger partial charge in [0.1, 0.15) is 9.22 Å². The fourth-order valence-corrected chi connectivity index (χ4v) is 1.98. The van der Waals surface area contributed by atoms with Crippen LogP contribution in [0.15, 0.2) is 24.3 Å². The second kappa shape index (κ2) is 3.56. The second-order valence-corrected chi connectivity index (χ2v) is 4.87. The third-order valence-electron chi connectivity index (χ3n) is 1.75. The molecule has 0 unspecified atom stereocenters. The fourth-order valence-electron chi connectivity index (χ4n) is 1.13. The van der Waals surface area contributed by atoms with Crippen molar-refractivity contribution >= 4 is 56.1 Å². The Morgan fingerprint density at radius 2 is 1.77 bits per heavy atom. The summed E-state index contributed by atoms with van der Waals surface area (Å²) < 4.78 is 1.72. The average Bonchev–Trinajstić information content (AvgIpc) is 2.12. The van der Waals surface area contributed by atoms with Gasteiger partial charge >= 0.3 is 0 Å². The highest BCUT2D eigenvalue weighted by Gasteiger charge is 2.05. The number of hydrogen-bond acceptors (Lipinski definition) is 2. The van der Waals surface area contributed by atoms with Gasteiger partial charge in [-0.15, -0.1) is 0 Å². The maximum Gasteiger partial charge on any atom is 0.155 e. The molecule has 0 saturated heterocycles. The van der Waals surface area contributed by atoms with Crippen LogP contribution in [0, 0.1) is 7.27 Å². The molecular weight excluding hydrogens is 392 g/mol. The Morgan fingerprint density at radius 3 is 2.54 bits per heavy atom. The number of pyridine rings is 1. The summed E-state index contributed by atoms with van der Waals surface area (Å²) in [6, 6.07) is 7.72. The van der Waals surface area contributed by atoms with E-state index in [-0.39, 0.29) is 5.75 Å². The molecule has 13 heavy (non-hydrogen) atoms. The van der Waals surface area contributed by atoms with Crippen LogP contribution < -0.4 is 0 Å². The lowest BCUT2D eigenvalue weighted by molar-refractivity contribution is 0.476. The van der Waals surface area contributed by atoms with Crippen LogP contribution in [0.2, 0.25) is 0 Å². The number of aromatic nitrogens is 1. The average molecular weight is 397 g/mol. The van der Waals surface area contributed by atoms with Gasteiger partial charge in [-0.3, -0.25) is 0 Å². The van der Waals surface area contributed by atoms with E-state index in [1.54, 1.807) is 0 Å². The Hall–Kier alpha value is -0.110. The summed E-state index contributed by atoms with van der Waals surface area (Å²) in [4.78, 5) is 4.27. The highest BCUT2D eigenvalue weighted by Crippen LogP contribution is 2.28. The van der Waals surface area contributed by atoms with E-state index in [0.717, 1.165) is 12.7 Å². The molecule has 0 aliphatic rings. The maximum absolute atomic E-state index is 9.71. The molecule has 66 valence electrons. The van der Waals surface area contributed by atoms with Gasteiger partial charge in [-0.05, 0) is 57.3 Å². The number of aromatic hydroxyl groups is 1. The molecule has 2 nitrogen and oxygen atoms in total. The highest BCUT2D eigenvalue weighted by atomic mass is 127.